The van der Waals surface area contributed by atoms with Crippen LogP contribution in [0, 0.1) is 6.92 Å². The molecule has 0 aliphatic carbocycles. The van der Waals surface area contributed by atoms with Gasteiger partial charge in [-0.2, -0.15) is 0 Å². The number of aliphatic hydroxyl groups is 2. The Bertz CT molecular complexity index is 686. The van der Waals surface area contributed by atoms with Crippen molar-refractivity contribution < 1.29 is 10.2 Å². The molecule has 2 aromatic rings. The van der Waals surface area contributed by atoms with Crippen LogP contribution < -0.4 is 4.90 Å². The molecule has 2 heterocycles. The maximum atomic E-state index is 10.3. The molecule has 4 heteroatoms. The van der Waals surface area contributed by atoms with Crippen molar-refractivity contribution in [3.63, 3.8) is 0 Å². The van der Waals surface area contributed by atoms with E-state index in [-0.39, 0.29) is 6.61 Å². The standard InChI is InChI=1S/C18H24N2O2/c1-3-14-5-6-16-15(10-14)13(2)9-17(19-16)20-8-4-7-18(22,11-20)12-21/h5-6,9-10,21-22H,3-4,7-8,11-12H2,1-2H3/t18-/m0/s1. The zero-order valence-corrected chi connectivity index (χ0v) is 13.3. The van der Waals surface area contributed by atoms with E-state index >= 15 is 0 Å². The number of rotatable bonds is 3. The first-order valence-electron chi connectivity index (χ1n) is 8.03. The summed E-state index contributed by atoms with van der Waals surface area (Å²) in [5.41, 5.74) is 2.51. The number of β-amino-alcohol motifs (C(OH)–C–C–N with tert-alkyl or cyclic N) is 1. The van der Waals surface area contributed by atoms with E-state index in [0.29, 0.717) is 13.0 Å². The predicted octanol–water partition coefficient (Wildman–Crippen LogP) is 2.43. The van der Waals surface area contributed by atoms with Gasteiger partial charge in [-0.3, -0.25) is 0 Å². The van der Waals surface area contributed by atoms with Gasteiger partial charge in [-0.15, -0.1) is 0 Å². The van der Waals surface area contributed by atoms with Gasteiger partial charge in [-0.05, 0) is 55.5 Å². The van der Waals surface area contributed by atoms with Crippen molar-refractivity contribution in [3.05, 3.63) is 35.4 Å². The molecule has 0 saturated carbocycles. The number of piperidine rings is 1. The average molecular weight is 300 g/mol. The van der Waals surface area contributed by atoms with Crippen LogP contribution in [0.25, 0.3) is 10.9 Å². The Morgan fingerprint density at radius 1 is 1.32 bits per heavy atom. The number of aliphatic hydroxyl groups excluding tert-OH is 1. The third-order valence-corrected chi connectivity index (χ3v) is 4.65. The number of aryl methyl sites for hydroxylation is 2. The molecule has 4 nitrogen and oxygen atoms in total. The van der Waals surface area contributed by atoms with Crippen molar-refractivity contribution >= 4 is 16.7 Å². The number of nitrogens with zero attached hydrogens (tertiary/aromatic N) is 2. The van der Waals surface area contributed by atoms with Crippen molar-refractivity contribution in [2.24, 2.45) is 0 Å². The molecule has 1 saturated heterocycles. The molecule has 3 rings (SSSR count). The van der Waals surface area contributed by atoms with Gasteiger partial charge in [0.1, 0.15) is 11.4 Å². The normalized spacial score (nSPS) is 22.3. The van der Waals surface area contributed by atoms with Gasteiger partial charge >= 0.3 is 0 Å². The molecule has 0 unspecified atom stereocenters. The van der Waals surface area contributed by atoms with E-state index < -0.39 is 5.60 Å². The summed E-state index contributed by atoms with van der Waals surface area (Å²) in [6, 6.07) is 8.50. The SMILES string of the molecule is CCc1ccc2nc(N3CCC[C@@](O)(CO)C3)cc(C)c2c1. The zero-order chi connectivity index (χ0) is 15.7. The fourth-order valence-electron chi connectivity index (χ4n) is 3.24. The number of fused-ring (bicyclic) bond motifs is 1. The molecule has 1 fully saturated rings. The number of pyridine rings is 1. The number of anilines is 1. The van der Waals surface area contributed by atoms with Crippen LogP contribution in [0.4, 0.5) is 5.82 Å². The summed E-state index contributed by atoms with van der Waals surface area (Å²) in [4.78, 5) is 6.85. The molecule has 22 heavy (non-hydrogen) atoms. The van der Waals surface area contributed by atoms with Gasteiger partial charge < -0.3 is 15.1 Å². The Labute approximate surface area is 131 Å². The fourth-order valence-corrected chi connectivity index (χ4v) is 3.24. The summed E-state index contributed by atoms with van der Waals surface area (Å²) in [6.07, 6.45) is 2.53. The van der Waals surface area contributed by atoms with Crippen LogP contribution in [0.5, 0.6) is 0 Å². The third-order valence-electron chi connectivity index (χ3n) is 4.65. The molecule has 0 spiro atoms. The third kappa shape index (κ3) is 2.81. The highest BCUT2D eigenvalue weighted by Gasteiger charge is 2.33. The van der Waals surface area contributed by atoms with Gasteiger partial charge in [-0.1, -0.05) is 13.0 Å². The first kappa shape index (κ1) is 15.3. The molecule has 1 aliphatic rings. The van der Waals surface area contributed by atoms with E-state index in [1.165, 1.54) is 16.5 Å². The van der Waals surface area contributed by atoms with Crippen molar-refractivity contribution in [3.8, 4) is 0 Å². The molecule has 0 radical (unpaired) electrons. The van der Waals surface area contributed by atoms with Crippen LogP contribution in [-0.4, -0.2) is 40.5 Å². The van der Waals surface area contributed by atoms with Gasteiger partial charge in [0, 0.05) is 11.9 Å². The minimum atomic E-state index is -1.01. The lowest BCUT2D eigenvalue weighted by atomic mass is 9.93. The van der Waals surface area contributed by atoms with Gasteiger partial charge in [-0.25, -0.2) is 4.98 Å². The van der Waals surface area contributed by atoms with Gasteiger partial charge in [0.2, 0.25) is 0 Å². The molecular formula is C18H24N2O2. The van der Waals surface area contributed by atoms with Crippen LogP contribution in [0.1, 0.15) is 30.9 Å². The maximum absolute atomic E-state index is 10.3. The van der Waals surface area contributed by atoms with Gasteiger partial charge in [0.25, 0.3) is 0 Å². The van der Waals surface area contributed by atoms with Crippen LogP contribution in [0.2, 0.25) is 0 Å². The largest absolute Gasteiger partial charge is 0.393 e. The molecule has 2 N–H and O–H groups in total. The van der Waals surface area contributed by atoms with E-state index in [0.717, 1.165) is 30.7 Å². The van der Waals surface area contributed by atoms with E-state index in [2.05, 4.69) is 43.0 Å². The monoisotopic (exact) mass is 300 g/mol. The lowest BCUT2D eigenvalue weighted by Crippen LogP contribution is -2.50. The van der Waals surface area contributed by atoms with Crippen molar-refractivity contribution in [1.29, 1.82) is 0 Å². The van der Waals surface area contributed by atoms with Crippen LogP contribution in [0.15, 0.2) is 24.3 Å². The van der Waals surface area contributed by atoms with Crippen molar-refractivity contribution in [2.45, 2.75) is 38.7 Å². The van der Waals surface area contributed by atoms with E-state index in [1.807, 2.05) is 0 Å². The van der Waals surface area contributed by atoms with Crippen molar-refractivity contribution in [2.75, 3.05) is 24.6 Å². The molecule has 1 aromatic carbocycles. The quantitative estimate of drug-likeness (QED) is 0.914. The highest BCUT2D eigenvalue weighted by molar-refractivity contribution is 5.84. The van der Waals surface area contributed by atoms with Gasteiger partial charge in [0.15, 0.2) is 0 Å². The molecule has 1 aliphatic heterocycles. The average Bonchev–Trinajstić information content (AvgIpc) is 2.54. The summed E-state index contributed by atoms with van der Waals surface area (Å²) >= 11 is 0. The van der Waals surface area contributed by atoms with E-state index in [9.17, 15) is 10.2 Å². The minimum Gasteiger partial charge on any atom is -0.393 e. The topological polar surface area (TPSA) is 56.6 Å². The summed E-state index contributed by atoms with van der Waals surface area (Å²) in [5, 5.41) is 20.9. The minimum absolute atomic E-state index is 0.198. The molecule has 1 aromatic heterocycles. The highest BCUT2D eigenvalue weighted by atomic mass is 16.3. The number of hydrogen-bond donors (Lipinski definition) is 2. The Kier molecular flexibility index (Phi) is 4.06. The first-order chi connectivity index (χ1) is 10.5. The Morgan fingerprint density at radius 2 is 2.14 bits per heavy atom. The molecule has 118 valence electrons. The van der Waals surface area contributed by atoms with Crippen LogP contribution >= 0.6 is 0 Å². The van der Waals surface area contributed by atoms with E-state index in [4.69, 9.17) is 4.98 Å². The van der Waals surface area contributed by atoms with Crippen LogP contribution in [0.3, 0.4) is 0 Å². The molecular weight excluding hydrogens is 276 g/mol. The summed E-state index contributed by atoms with van der Waals surface area (Å²) in [6.45, 7) is 5.37. The second-order valence-corrected chi connectivity index (χ2v) is 6.41. The van der Waals surface area contributed by atoms with E-state index in [1.54, 1.807) is 0 Å². The predicted molar refractivity (Wildman–Crippen MR) is 89.3 cm³/mol. The Morgan fingerprint density at radius 3 is 2.86 bits per heavy atom. The number of benzene rings is 1. The zero-order valence-electron chi connectivity index (χ0n) is 13.3. The summed E-state index contributed by atoms with van der Waals surface area (Å²) < 4.78 is 0. The number of aromatic nitrogens is 1. The Hall–Kier alpha value is -1.65. The second kappa shape index (κ2) is 5.86. The lowest BCUT2D eigenvalue weighted by Gasteiger charge is -2.38. The molecule has 0 bridgehead atoms. The summed E-state index contributed by atoms with van der Waals surface area (Å²) in [7, 11) is 0. The van der Waals surface area contributed by atoms with Crippen LogP contribution in [-0.2, 0) is 6.42 Å². The fraction of sp³-hybridized carbons (Fsp3) is 0.500. The maximum Gasteiger partial charge on any atom is 0.129 e. The molecule has 1 atom stereocenters. The Balaban J connectivity index is 1.98. The lowest BCUT2D eigenvalue weighted by molar-refractivity contribution is -0.0242. The highest BCUT2D eigenvalue weighted by Crippen LogP contribution is 2.28. The first-order valence-corrected chi connectivity index (χ1v) is 8.03. The molecule has 0 amide bonds. The van der Waals surface area contributed by atoms with Gasteiger partial charge in [0.05, 0.1) is 18.7 Å². The second-order valence-electron chi connectivity index (χ2n) is 6.41. The van der Waals surface area contributed by atoms with Crippen molar-refractivity contribution in [1.82, 2.24) is 4.98 Å². The summed E-state index contributed by atoms with van der Waals surface area (Å²) in [5.74, 6) is 0.890. The smallest absolute Gasteiger partial charge is 0.129 e. The number of hydrogen-bond acceptors (Lipinski definition) is 4.